The average molecular weight is 629 g/mol. The Morgan fingerprint density at radius 2 is 1.05 bits per heavy atom. The summed E-state index contributed by atoms with van der Waals surface area (Å²) in [6, 6.07) is 1.46. The van der Waals surface area contributed by atoms with Gasteiger partial charge >= 0.3 is 42.8 Å². The van der Waals surface area contributed by atoms with Gasteiger partial charge in [-0.05, 0) is 83.9 Å². The largest absolute Gasteiger partial charge is 0.416 e. The molecule has 14 heteroatoms. The lowest BCUT2D eigenvalue weighted by molar-refractivity contribution is 0.194. The molecule has 2 atom stereocenters. The lowest BCUT2D eigenvalue weighted by atomic mass is 10.5. The molecule has 0 heterocycles. The summed E-state index contributed by atoms with van der Waals surface area (Å²) in [6.07, 6.45) is 1.66. The van der Waals surface area contributed by atoms with Gasteiger partial charge in [-0.15, -0.1) is 0 Å². The molecule has 236 valence electrons. The maximum atomic E-state index is 10.5. The van der Waals surface area contributed by atoms with Gasteiger partial charge in [0.25, 0.3) is 0 Å². The Balaban J connectivity index is -0.000000300. The molecule has 0 aromatic rings. The predicted molar refractivity (Wildman–Crippen MR) is 177 cm³/mol. The number of methoxy groups -OCH3 is 1. The van der Waals surface area contributed by atoms with Crippen molar-refractivity contribution in [2.75, 3.05) is 33.4 Å². The van der Waals surface area contributed by atoms with Crippen LogP contribution in [0.2, 0.25) is 64.5 Å². The van der Waals surface area contributed by atoms with E-state index in [0.717, 1.165) is 32.0 Å². The molecule has 0 unspecified atom stereocenters. The van der Waals surface area contributed by atoms with E-state index < -0.39 is 42.8 Å². The molecule has 0 radical (unpaired) electrons. The van der Waals surface area contributed by atoms with E-state index >= 15 is 0 Å². The van der Waals surface area contributed by atoms with Crippen LogP contribution in [0.25, 0.3) is 0 Å². The summed E-state index contributed by atoms with van der Waals surface area (Å²) < 4.78 is 30.9. The Hall–Kier alpha value is 0.724. The van der Waals surface area contributed by atoms with Crippen LogP contribution in [-0.2, 0) is 21.2 Å². The van der Waals surface area contributed by atoms with Crippen molar-refractivity contribution in [3.63, 3.8) is 0 Å². The number of rotatable bonds is 18. The molecule has 9 nitrogen and oxygen atoms in total. The van der Waals surface area contributed by atoms with Gasteiger partial charge in [-0.2, -0.15) is 0 Å². The molecule has 0 spiro atoms. The lowest BCUT2D eigenvalue weighted by Crippen LogP contribution is -2.61. The van der Waals surface area contributed by atoms with Gasteiger partial charge in [-0.25, -0.2) is 0 Å². The van der Waals surface area contributed by atoms with Crippen LogP contribution < -0.4 is 11.1 Å². The van der Waals surface area contributed by atoms with Gasteiger partial charge in [0.1, 0.15) is 0 Å². The zero-order valence-electron chi connectivity index (χ0n) is 21.2. The summed E-state index contributed by atoms with van der Waals surface area (Å²) in [7, 11) is -12.0. The molecular formula is C23H72N2O7Si5. The average Bonchev–Trinajstić information content (AvgIpc) is 2.49. The molecule has 0 rings (SSSR count). The predicted octanol–water partition coefficient (Wildman–Crippen LogP) is 6.08. The molecule has 0 fully saturated rings. The van der Waals surface area contributed by atoms with Crippen molar-refractivity contribution >= 4 is 42.8 Å². The molecule has 0 aromatic heterocycles. The van der Waals surface area contributed by atoms with Gasteiger partial charge in [0.05, 0.1) is 0 Å². The molecule has 0 saturated carbocycles. The van der Waals surface area contributed by atoms with Crippen LogP contribution in [0.5, 0.6) is 0 Å². The zero-order chi connectivity index (χ0) is 24.4. The Labute approximate surface area is 239 Å². The smallest absolute Gasteiger partial charge is 0.320 e. The van der Waals surface area contributed by atoms with Crippen molar-refractivity contribution in [3.05, 3.63) is 0 Å². The Bertz CT molecular complexity index is 513. The van der Waals surface area contributed by atoms with Gasteiger partial charge < -0.3 is 41.8 Å². The second-order valence-electron chi connectivity index (χ2n) is 9.71. The van der Waals surface area contributed by atoms with Crippen LogP contribution in [0.3, 0.4) is 0 Å². The third-order valence-electron chi connectivity index (χ3n) is 4.14. The molecule has 0 aliphatic carbocycles. The highest BCUT2D eigenvalue weighted by molar-refractivity contribution is 6.89. The first-order valence-corrected chi connectivity index (χ1v) is 24.7. The van der Waals surface area contributed by atoms with Crippen molar-refractivity contribution in [2.24, 2.45) is 5.73 Å². The van der Waals surface area contributed by atoms with Crippen LogP contribution in [0.1, 0.15) is 57.4 Å². The molecule has 0 aliphatic rings. The van der Waals surface area contributed by atoms with E-state index in [1.807, 2.05) is 19.6 Å². The highest BCUT2D eigenvalue weighted by Gasteiger charge is 2.49. The minimum absolute atomic E-state index is 0. The van der Waals surface area contributed by atoms with Crippen molar-refractivity contribution in [2.45, 2.75) is 122 Å². The topological polar surface area (TPSA) is 125 Å². The van der Waals surface area contributed by atoms with Crippen LogP contribution >= 0.6 is 0 Å². The molecule has 37 heavy (non-hydrogen) atoms. The first-order valence-electron chi connectivity index (χ1n) is 11.1. The van der Waals surface area contributed by atoms with Crippen LogP contribution in [-0.4, -0.2) is 85.7 Å². The number of hydrogen-bond acceptors (Lipinski definition) is 9. The number of nitrogens with one attached hydrogen (secondary N) is 1. The summed E-state index contributed by atoms with van der Waals surface area (Å²) in [6.45, 7) is 17.8. The standard InChI is InChI=1S/C17H48N2O7Si5.6CH4/c1-22-15-11-17-30(8,24-28(4,5)21)26-31(9,16-10-13-19-14-12-18)25-29(6,7)23-27(2,3)20;;;;;;/h19-21H,10-18H2,1-9H3;6*1H4/t30-,31+;;;;;;/m0....../s1. The quantitative estimate of drug-likeness (QED) is 0.106. The van der Waals surface area contributed by atoms with Crippen molar-refractivity contribution in [3.8, 4) is 0 Å². The SMILES string of the molecule is C.C.C.C.C.C.COCCC[Si@@](C)(O[Si](C)(C)O)O[Si@](C)(CCCNCCN)O[Si](C)(C)O[Si](C)(C)O. The van der Waals surface area contributed by atoms with E-state index in [1.165, 1.54) is 0 Å². The van der Waals surface area contributed by atoms with Crippen LogP contribution in [0.15, 0.2) is 0 Å². The van der Waals surface area contributed by atoms with Gasteiger partial charge in [-0.1, -0.05) is 44.6 Å². The number of nitrogens with two attached hydrogens (primary N) is 1. The molecule has 5 N–H and O–H groups in total. The maximum Gasteiger partial charge on any atom is 0.320 e. The van der Waals surface area contributed by atoms with Gasteiger partial charge in [-0.3, -0.25) is 0 Å². The molecule has 0 aliphatic heterocycles. The van der Waals surface area contributed by atoms with E-state index in [1.54, 1.807) is 33.3 Å². The maximum absolute atomic E-state index is 10.5. The number of hydrogen-bond donors (Lipinski definition) is 4. The van der Waals surface area contributed by atoms with Crippen molar-refractivity contribution in [1.82, 2.24) is 5.32 Å². The van der Waals surface area contributed by atoms with Gasteiger partial charge in [0.15, 0.2) is 0 Å². The Morgan fingerprint density at radius 3 is 1.46 bits per heavy atom. The molecule has 0 saturated heterocycles. The van der Waals surface area contributed by atoms with Crippen molar-refractivity contribution in [1.29, 1.82) is 0 Å². The third kappa shape index (κ3) is 29.5. The fourth-order valence-electron chi connectivity index (χ4n) is 3.67. The highest BCUT2D eigenvalue weighted by Crippen LogP contribution is 2.31. The zero-order valence-corrected chi connectivity index (χ0v) is 26.2. The summed E-state index contributed by atoms with van der Waals surface area (Å²) in [4.78, 5) is 20.8. The minimum Gasteiger partial charge on any atom is -0.416 e. The van der Waals surface area contributed by atoms with E-state index in [-0.39, 0.29) is 44.6 Å². The second kappa shape index (κ2) is 23.4. The van der Waals surface area contributed by atoms with E-state index in [9.17, 15) is 9.59 Å². The van der Waals surface area contributed by atoms with Gasteiger partial charge in [0, 0.05) is 26.8 Å². The van der Waals surface area contributed by atoms with E-state index in [4.69, 9.17) is 26.9 Å². The molecule has 0 amide bonds. The Kier molecular flexibility index (Phi) is 34.1. The van der Waals surface area contributed by atoms with E-state index in [0.29, 0.717) is 19.2 Å². The first-order chi connectivity index (χ1) is 13.9. The monoisotopic (exact) mass is 628 g/mol. The molecule has 0 bridgehead atoms. The van der Waals surface area contributed by atoms with E-state index in [2.05, 4.69) is 11.9 Å². The fourth-order valence-corrected chi connectivity index (χ4v) is 25.4. The fraction of sp³-hybridized carbons (Fsp3) is 1.00. The molecular weight excluding hydrogens is 557 g/mol. The van der Waals surface area contributed by atoms with Crippen LogP contribution in [0, 0.1) is 0 Å². The Morgan fingerprint density at radius 1 is 0.622 bits per heavy atom. The molecule has 0 aromatic carbocycles. The summed E-state index contributed by atoms with van der Waals surface area (Å²) in [5.74, 6) is 0. The van der Waals surface area contributed by atoms with Gasteiger partial charge in [0.2, 0.25) is 0 Å². The summed E-state index contributed by atoms with van der Waals surface area (Å²) in [5, 5.41) is 3.32. The first kappa shape index (κ1) is 53.9. The summed E-state index contributed by atoms with van der Waals surface area (Å²) >= 11 is 0. The third-order valence-corrected chi connectivity index (χ3v) is 21.5. The van der Waals surface area contributed by atoms with Crippen molar-refractivity contribution < 1.29 is 30.8 Å². The lowest BCUT2D eigenvalue weighted by Gasteiger charge is -2.43. The summed E-state index contributed by atoms with van der Waals surface area (Å²) in [5.41, 5.74) is 5.56. The highest BCUT2D eigenvalue weighted by atomic mass is 28.5. The van der Waals surface area contributed by atoms with Crippen LogP contribution in [0.4, 0.5) is 0 Å². The normalized spacial score (nSPS) is 14.6. The minimum atomic E-state index is -2.82. The number of ether oxygens (including phenoxy) is 1. The second-order valence-corrected chi connectivity index (χ2v) is 27.1.